The fraction of sp³-hybridized carbons (Fsp3) is 1.00. The second-order valence-corrected chi connectivity index (χ2v) is 8.78. The average Bonchev–Trinajstić information content (AvgIpc) is 2.25. The minimum atomic E-state index is -3.53. The SMILES string of the molecule is CC[C@@H](COS(C)(=O)=O)OCP(=O)(OC(C)C)OC(C)C. The zero-order chi connectivity index (χ0) is 16.7. The highest BCUT2D eigenvalue weighted by molar-refractivity contribution is 7.85. The van der Waals surface area contributed by atoms with E-state index in [0.29, 0.717) is 6.42 Å². The van der Waals surface area contributed by atoms with Gasteiger partial charge in [0.15, 0.2) is 0 Å². The van der Waals surface area contributed by atoms with Crippen LogP contribution in [0.4, 0.5) is 0 Å². The van der Waals surface area contributed by atoms with Crippen LogP contribution in [0.15, 0.2) is 0 Å². The Kier molecular flexibility index (Phi) is 9.23. The lowest BCUT2D eigenvalue weighted by atomic mass is 10.3. The molecule has 0 bridgehead atoms. The summed E-state index contributed by atoms with van der Waals surface area (Å²) in [5, 5.41) is 0. The molecule has 0 radical (unpaired) electrons. The first kappa shape index (κ1) is 21.0. The summed E-state index contributed by atoms with van der Waals surface area (Å²) >= 11 is 0. The van der Waals surface area contributed by atoms with Crippen LogP contribution in [0.3, 0.4) is 0 Å². The van der Waals surface area contributed by atoms with Crippen molar-refractivity contribution in [1.29, 1.82) is 0 Å². The van der Waals surface area contributed by atoms with Gasteiger partial charge in [-0.1, -0.05) is 6.92 Å². The standard InChI is InChI=1S/C12H27O7PS/c1-7-12(8-17-21(6,14)15)16-9-20(13,18-10(2)3)19-11(4)5/h10-12H,7-9H2,1-6H3/t12-/m0/s1. The molecule has 0 aliphatic rings. The quantitative estimate of drug-likeness (QED) is 0.420. The molecule has 0 unspecified atom stereocenters. The summed E-state index contributed by atoms with van der Waals surface area (Å²) in [5.41, 5.74) is 0. The first-order valence-corrected chi connectivity index (χ1v) is 10.4. The third-order valence-corrected chi connectivity index (χ3v) is 4.65. The van der Waals surface area contributed by atoms with Crippen LogP contribution < -0.4 is 0 Å². The molecule has 0 aliphatic carbocycles. The molecule has 0 N–H and O–H groups in total. The smallest absolute Gasteiger partial charge is 0.356 e. The summed E-state index contributed by atoms with van der Waals surface area (Å²) in [6.45, 7) is 8.69. The molecule has 0 spiro atoms. The maximum Gasteiger partial charge on any atom is 0.356 e. The van der Waals surface area contributed by atoms with Crippen molar-refractivity contribution < 1.29 is 31.0 Å². The lowest BCUT2D eigenvalue weighted by Gasteiger charge is -2.24. The van der Waals surface area contributed by atoms with Crippen LogP contribution in [-0.4, -0.2) is 45.9 Å². The van der Waals surface area contributed by atoms with E-state index in [2.05, 4.69) is 4.18 Å². The fourth-order valence-corrected chi connectivity index (χ4v) is 3.66. The molecule has 0 aromatic carbocycles. The summed E-state index contributed by atoms with van der Waals surface area (Å²) < 4.78 is 55.3. The van der Waals surface area contributed by atoms with Gasteiger partial charge in [-0.2, -0.15) is 8.42 Å². The molecule has 1 atom stereocenters. The average molecular weight is 346 g/mol. The highest BCUT2D eigenvalue weighted by Crippen LogP contribution is 2.50. The van der Waals surface area contributed by atoms with E-state index in [4.69, 9.17) is 13.8 Å². The predicted octanol–water partition coefficient (Wildman–Crippen LogP) is 2.76. The minimum absolute atomic E-state index is 0.126. The molecule has 9 heteroatoms. The van der Waals surface area contributed by atoms with Gasteiger partial charge >= 0.3 is 7.60 Å². The van der Waals surface area contributed by atoms with Gasteiger partial charge in [-0.15, -0.1) is 0 Å². The van der Waals surface area contributed by atoms with Crippen LogP contribution >= 0.6 is 7.60 Å². The van der Waals surface area contributed by atoms with Crippen LogP contribution in [0.25, 0.3) is 0 Å². The van der Waals surface area contributed by atoms with E-state index in [-0.39, 0.29) is 25.2 Å². The maximum atomic E-state index is 12.5. The summed E-state index contributed by atoms with van der Waals surface area (Å²) in [5.74, 6) is 0. The van der Waals surface area contributed by atoms with Crippen molar-refractivity contribution >= 4 is 17.7 Å². The second kappa shape index (κ2) is 9.22. The maximum absolute atomic E-state index is 12.5. The molecule has 0 aliphatic heterocycles. The van der Waals surface area contributed by atoms with Crippen LogP contribution in [0, 0.1) is 0 Å². The summed E-state index contributed by atoms with van der Waals surface area (Å²) in [4.78, 5) is 0. The zero-order valence-corrected chi connectivity index (χ0v) is 15.3. The number of rotatable bonds is 11. The highest BCUT2D eigenvalue weighted by atomic mass is 32.2. The van der Waals surface area contributed by atoms with E-state index >= 15 is 0 Å². The third kappa shape index (κ3) is 11.3. The van der Waals surface area contributed by atoms with Crippen molar-refractivity contribution in [1.82, 2.24) is 0 Å². The molecule has 0 aromatic heterocycles. The van der Waals surface area contributed by atoms with Crippen LogP contribution in [0.1, 0.15) is 41.0 Å². The Morgan fingerprint density at radius 2 is 1.52 bits per heavy atom. The largest absolute Gasteiger partial charge is 0.363 e. The van der Waals surface area contributed by atoms with Crippen molar-refractivity contribution in [2.75, 3.05) is 19.2 Å². The van der Waals surface area contributed by atoms with Gasteiger partial charge in [-0.05, 0) is 34.1 Å². The summed E-state index contributed by atoms with van der Waals surface area (Å²) in [6.07, 6.45) is 0.193. The van der Waals surface area contributed by atoms with Gasteiger partial charge in [-0.25, -0.2) is 0 Å². The first-order chi connectivity index (χ1) is 9.47. The zero-order valence-electron chi connectivity index (χ0n) is 13.6. The number of hydrogen-bond donors (Lipinski definition) is 0. The Morgan fingerprint density at radius 1 is 1.05 bits per heavy atom. The molecular weight excluding hydrogens is 319 g/mol. The van der Waals surface area contributed by atoms with Gasteiger partial charge < -0.3 is 13.8 Å². The molecule has 0 aromatic rings. The van der Waals surface area contributed by atoms with Crippen LogP contribution in [-0.2, 0) is 32.7 Å². The summed E-state index contributed by atoms with van der Waals surface area (Å²) in [7, 11) is -6.92. The van der Waals surface area contributed by atoms with Gasteiger partial charge in [-0.3, -0.25) is 8.75 Å². The Morgan fingerprint density at radius 3 is 1.86 bits per heavy atom. The molecule has 0 heterocycles. The molecule has 0 fully saturated rings. The second-order valence-electron chi connectivity index (χ2n) is 5.23. The topological polar surface area (TPSA) is 88.1 Å². The van der Waals surface area contributed by atoms with Crippen LogP contribution in [0.2, 0.25) is 0 Å². The minimum Gasteiger partial charge on any atom is -0.363 e. The molecule has 128 valence electrons. The molecule has 21 heavy (non-hydrogen) atoms. The third-order valence-electron chi connectivity index (χ3n) is 2.13. The highest BCUT2D eigenvalue weighted by Gasteiger charge is 2.29. The Hall–Kier alpha value is 0.0200. The lowest BCUT2D eigenvalue weighted by Crippen LogP contribution is -2.23. The molecule has 0 saturated carbocycles. The van der Waals surface area contributed by atoms with Crippen molar-refractivity contribution in [3.05, 3.63) is 0 Å². The van der Waals surface area contributed by atoms with E-state index in [1.807, 2.05) is 6.92 Å². The van der Waals surface area contributed by atoms with E-state index in [1.165, 1.54) is 0 Å². The molecule has 0 rings (SSSR count). The van der Waals surface area contributed by atoms with E-state index in [9.17, 15) is 13.0 Å². The Bertz CT molecular complexity index is 419. The first-order valence-electron chi connectivity index (χ1n) is 6.89. The van der Waals surface area contributed by atoms with Gasteiger partial charge in [0, 0.05) is 0 Å². The van der Waals surface area contributed by atoms with Gasteiger partial charge in [0.25, 0.3) is 10.1 Å². The van der Waals surface area contributed by atoms with Gasteiger partial charge in [0.1, 0.15) is 6.35 Å². The van der Waals surface area contributed by atoms with Crippen molar-refractivity contribution in [3.8, 4) is 0 Å². The van der Waals surface area contributed by atoms with Crippen molar-refractivity contribution in [2.24, 2.45) is 0 Å². The monoisotopic (exact) mass is 346 g/mol. The molecule has 0 amide bonds. The van der Waals surface area contributed by atoms with E-state index in [0.717, 1.165) is 6.26 Å². The number of ether oxygens (including phenoxy) is 1. The van der Waals surface area contributed by atoms with Gasteiger partial charge in [0.05, 0.1) is 31.2 Å². The van der Waals surface area contributed by atoms with Crippen molar-refractivity contribution in [2.45, 2.75) is 59.4 Å². The van der Waals surface area contributed by atoms with E-state index in [1.54, 1.807) is 27.7 Å². The van der Waals surface area contributed by atoms with Crippen LogP contribution in [0.5, 0.6) is 0 Å². The van der Waals surface area contributed by atoms with Crippen molar-refractivity contribution in [3.63, 3.8) is 0 Å². The molecule has 0 saturated heterocycles. The lowest BCUT2D eigenvalue weighted by molar-refractivity contribution is 0.0263. The Balaban J connectivity index is 4.59. The molecule has 7 nitrogen and oxygen atoms in total. The predicted molar refractivity (Wildman–Crippen MR) is 80.9 cm³/mol. The Labute approximate surface area is 128 Å². The molecular formula is C12H27O7PS. The summed E-state index contributed by atoms with van der Waals surface area (Å²) in [6, 6.07) is 0. The van der Waals surface area contributed by atoms with E-state index < -0.39 is 23.8 Å². The number of hydrogen-bond acceptors (Lipinski definition) is 7. The normalized spacial score (nSPS) is 14.9. The fourth-order valence-electron chi connectivity index (χ4n) is 1.41. The van der Waals surface area contributed by atoms with Gasteiger partial charge in [0.2, 0.25) is 0 Å².